The lowest BCUT2D eigenvalue weighted by molar-refractivity contribution is 0.101. The van der Waals surface area contributed by atoms with Gasteiger partial charge in [-0.2, -0.15) is 0 Å². The van der Waals surface area contributed by atoms with Gasteiger partial charge >= 0.3 is 0 Å². The summed E-state index contributed by atoms with van der Waals surface area (Å²) in [5.74, 6) is 0. The zero-order chi connectivity index (χ0) is 8.27. The van der Waals surface area contributed by atoms with E-state index in [1.165, 1.54) is 0 Å². The number of rotatable bonds is 4. The fourth-order valence-electron chi connectivity index (χ4n) is 1.07. The second-order valence-electron chi connectivity index (χ2n) is 2.97. The number of likely N-dealkylation sites (N-methyl/N-ethyl adjacent to an activating group) is 1. The second kappa shape index (κ2) is 3.97. The van der Waals surface area contributed by atoms with Crippen molar-refractivity contribution >= 4 is 0 Å². The maximum atomic E-state index is 11.7. The van der Waals surface area contributed by atoms with E-state index < -0.39 is 6.43 Å². The lowest BCUT2D eigenvalue weighted by Gasteiger charge is -2.35. The van der Waals surface area contributed by atoms with Crippen LogP contribution in [0.1, 0.15) is 6.42 Å². The third kappa shape index (κ3) is 2.71. The molecule has 11 heavy (non-hydrogen) atoms. The molecule has 1 aliphatic rings. The van der Waals surface area contributed by atoms with E-state index in [-0.39, 0.29) is 6.42 Å². The summed E-state index contributed by atoms with van der Waals surface area (Å²) in [6.45, 7) is 2.39. The van der Waals surface area contributed by atoms with Crippen LogP contribution in [0.5, 0.6) is 0 Å². The topological polar surface area (TPSA) is 15.3 Å². The van der Waals surface area contributed by atoms with Crippen LogP contribution in [0.15, 0.2) is 0 Å². The van der Waals surface area contributed by atoms with E-state index in [1.54, 1.807) is 0 Å². The molecule has 0 unspecified atom stereocenters. The molecule has 0 aromatic rings. The van der Waals surface area contributed by atoms with E-state index in [0.717, 1.165) is 13.1 Å². The Labute approximate surface area is 65.6 Å². The van der Waals surface area contributed by atoms with Crippen LogP contribution in [0.3, 0.4) is 0 Å². The van der Waals surface area contributed by atoms with Crippen molar-refractivity contribution in [3.05, 3.63) is 0 Å². The Bertz CT molecular complexity index is 115. The fourth-order valence-corrected chi connectivity index (χ4v) is 1.07. The summed E-state index contributed by atoms with van der Waals surface area (Å²) in [7, 11) is 1.90. The maximum absolute atomic E-state index is 11.7. The Morgan fingerprint density at radius 1 is 1.55 bits per heavy atom. The Hall–Kier alpha value is -0.220. The summed E-state index contributed by atoms with van der Waals surface area (Å²) < 4.78 is 23.5. The summed E-state index contributed by atoms with van der Waals surface area (Å²) in [5.41, 5.74) is 0. The first-order chi connectivity index (χ1) is 5.20. The molecule has 0 spiro atoms. The molecule has 1 heterocycles. The van der Waals surface area contributed by atoms with Crippen molar-refractivity contribution in [1.29, 1.82) is 0 Å². The fraction of sp³-hybridized carbons (Fsp3) is 1.00. The van der Waals surface area contributed by atoms with Gasteiger partial charge in [0.1, 0.15) is 0 Å². The number of nitrogens with zero attached hydrogens (tertiary/aromatic N) is 1. The number of hydrogen-bond acceptors (Lipinski definition) is 2. The molecular weight excluding hydrogens is 150 g/mol. The molecule has 1 fully saturated rings. The van der Waals surface area contributed by atoms with Crippen LogP contribution in [0.2, 0.25) is 0 Å². The van der Waals surface area contributed by atoms with E-state index in [1.807, 2.05) is 11.9 Å². The normalized spacial score (nSPS) is 19.4. The largest absolute Gasteiger partial charge is 0.314 e. The minimum atomic E-state index is -2.16. The third-order valence-corrected chi connectivity index (χ3v) is 2.08. The molecule has 2 nitrogen and oxygen atoms in total. The maximum Gasteiger partial charge on any atom is 0.239 e. The molecule has 66 valence electrons. The number of nitrogens with one attached hydrogen (secondary N) is 1. The summed E-state index contributed by atoms with van der Waals surface area (Å²) in [6, 6.07) is 0.480. The summed E-state index contributed by atoms with van der Waals surface area (Å²) >= 11 is 0. The highest BCUT2D eigenvalue weighted by molar-refractivity contribution is 4.82. The average Bonchev–Trinajstić information content (AvgIpc) is 1.79. The quantitative estimate of drug-likeness (QED) is 0.652. The van der Waals surface area contributed by atoms with Gasteiger partial charge in [0.2, 0.25) is 6.43 Å². The first-order valence-corrected chi connectivity index (χ1v) is 3.89. The van der Waals surface area contributed by atoms with Gasteiger partial charge in [-0.3, -0.25) is 0 Å². The van der Waals surface area contributed by atoms with Crippen LogP contribution in [-0.4, -0.2) is 44.0 Å². The van der Waals surface area contributed by atoms with Crippen molar-refractivity contribution in [1.82, 2.24) is 10.2 Å². The van der Waals surface area contributed by atoms with E-state index in [0.29, 0.717) is 12.6 Å². The van der Waals surface area contributed by atoms with Crippen molar-refractivity contribution in [2.24, 2.45) is 0 Å². The van der Waals surface area contributed by atoms with Gasteiger partial charge in [-0.1, -0.05) is 0 Å². The van der Waals surface area contributed by atoms with Gasteiger partial charge < -0.3 is 10.2 Å². The molecular formula is C7H14F2N2. The molecule has 0 saturated carbocycles. The molecule has 0 aliphatic carbocycles. The van der Waals surface area contributed by atoms with E-state index in [9.17, 15) is 8.78 Å². The van der Waals surface area contributed by atoms with Crippen LogP contribution < -0.4 is 5.32 Å². The van der Waals surface area contributed by atoms with Crippen LogP contribution in [0, 0.1) is 0 Å². The van der Waals surface area contributed by atoms with Crippen LogP contribution in [-0.2, 0) is 0 Å². The number of halogens is 2. The molecule has 0 aromatic carbocycles. The van der Waals surface area contributed by atoms with Gasteiger partial charge in [-0.25, -0.2) is 8.78 Å². The van der Waals surface area contributed by atoms with Gasteiger partial charge in [0.05, 0.1) is 0 Å². The van der Waals surface area contributed by atoms with Gasteiger partial charge in [-0.05, 0) is 7.05 Å². The zero-order valence-electron chi connectivity index (χ0n) is 6.69. The minimum absolute atomic E-state index is 0.00694. The molecule has 0 amide bonds. The SMILES string of the molecule is CN(CCC(F)F)C1CNC1. The van der Waals surface area contributed by atoms with Crippen molar-refractivity contribution in [3.8, 4) is 0 Å². The Morgan fingerprint density at radius 3 is 2.55 bits per heavy atom. The molecule has 4 heteroatoms. The Kier molecular flexibility index (Phi) is 3.20. The van der Waals surface area contributed by atoms with E-state index in [4.69, 9.17) is 0 Å². The monoisotopic (exact) mass is 164 g/mol. The van der Waals surface area contributed by atoms with Crippen molar-refractivity contribution in [2.45, 2.75) is 18.9 Å². The van der Waals surface area contributed by atoms with Crippen LogP contribution in [0.25, 0.3) is 0 Å². The third-order valence-electron chi connectivity index (χ3n) is 2.08. The summed E-state index contributed by atoms with van der Waals surface area (Å²) in [6.07, 6.45) is -2.17. The molecule has 0 radical (unpaired) electrons. The predicted octanol–water partition coefficient (Wildman–Crippen LogP) is 0.545. The minimum Gasteiger partial charge on any atom is -0.314 e. The lowest BCUT2D eigenvalue weighted by atomic mass is 10.1. The summed E-state index contributed by atoms with van der Waals surface area (Å²) in [4.78, 5) is 1.99. The van der Waals surface area contributed by atoms with Crippen molar-refractivity contribution < 1.29 is 8.78 Å². The molecule has 0 atom stereocenters. The Balaban J connectivity index is 2.05. The average molecular weight is 164 g/mol. The van der Waals surface area contributed by atoms with E-state index >= 15 is 0 Å². The molecule has 1 aliphatic heterocycles. The van der Waals surface area contributed by atoms with Crippen LogP contribution in [0.4, 0.5) is 8.78 Å². The van der Waals surface area contributed by atoms with E-state index in [2.05, 4.69) is 5.32 Å². The molecule has 0 bridgehead atoms. The smallest absolute Gasteiger partial charge is 0.239 e. The van der Waals surface area contributed by atoms with Gasteiger partial charge in [-0.15, -0.1) is 0 Å². The highest BCUT2D eigenvalue weighted by atomic mass is 19.3. The standard InChI is InChI=1S/C7H14F2N2/c1-11(3-2-7(8)9)6-4-10-5-6/h6-7,10H,2-5H2,1H3. The summed E-state index contributed by atoms with van der Waals surface area (Å²) in [5, 5.41) is 3.10. The van der Waals surface area contributed by atoms with Crippen LogP contribution >= 0.6 is 0 Å². The first-order valence-electron chi connectivity index (χ1n) is 3.89. The second-order valence-corrected chi connectivity index (χ2v) is 2.97. The Morgan fingerprint density at radius 2 is 2.18 bits per heavy atom. The molecule has 1 N–H and O–H groups in total. The zero-order valence-corrected chi connectivity index (χ0v) is 6.69. The lowest BCUT2D eigenvalue weighted by Crippen LogP contribution is -2.56. The van der Waals surface area contributed by atoms with Crippen molar-refractivity contribution in [3.63, 3.8) is 0 Å². The highest BCUT2D eigenvalue weighted by Crippen LogP contribution is 2.05. The highest BCUT2D eigenvalue weighted by Gasteiger charge is 2.21. The number of alkyl halides is 2. The molecule has 1 rings (SSSR count). The first kappa shape index (κ1) is 8.87. The number of hydrogen-bond donors (Lipinski definition) is 1. The van der Waals surface area contributed by atoms with Crippen molar-refractivity contribution in [2.75, 3.05) is 26.7 Å². The van der Waals surface area contributed by atoms with Gasteiger partial charge in [0, 0.05) is 32.1 Å². The molecule has 1 saturated heterocycles. The van der Waals surface area contributed by atoms with Gasteiger partial charge in [0.15, 0.2) is 0 Å². The predicted molar refractivity (Wildman–Crippen MR) is 39.9 cm³/mol. The van der Waals surface area contributed by atoms with Gasteiger partial charge in [0.25, 0.3) is 0 Å². The molecule has 0 aromatic heterocycles.